The molecular formula is C19H30N2O2. The Hall–Kier alpha value is -1.84. The van der Waals surface area contributed by atoms with Crippen LogP contribution in [0.2, 0.25) is 0 Å². The van der Waals surface area contributed by atoms with Crippen LogP contribution in [0.4, 0.5) is 5.69 Å². The highest BCUT2D eigenvalue weighted by atomic mass is 16.2. The van der Waals surface area contributed by atoms with Crippen molar-refractivity contribution in [2.75, 3.05) is 11.9 Å². The number of unbranched alkanes of at least 4 members (excludes halogenated alkanes) is 1. The molecule has 4 nitrogen and oxygen atoms in total. The summed E-state index contributed by atoms with van der Waals surface area (Å²) in [5.41, 5.74) is 3.81. The van der Waals surface area contributed by atoms with Gasteiger partial charge in [0, 0.05) is 12.2 Å². The third kappa shape index (κ3) is 6.05. The molecule has 2 amide bonds. The second-order valence-corrected chi connectivity index (χ2v) is 6.35. The van der Waals surface area contributed by atoms with E-state index in [1.807, 2.05) is 32.9 Å². The molecule has 4 heteroatoms. The molecule has 0 aliphatic heterocycles. The molecule has 128 valence electrons. The molecule has 0 bridgehead atoms. The topological polar surface area (TPSA) is 58.2 Å². The van der Waals surface area contributed by atoms with Gasteiger partial charge in [-0.2, -0.15) is 0 Å². The Labute approximate surface area is 140 Å². The minimum absolute atomic E-state index is 0.439. The third-order valence-electron chi connectivity index (χ3n) is 4.22. The number of anilines is 1. The second-order valence-electron chi connectivity index (χ2n) is 6.35. The molecule has 1 aromatic rings. The van der Waals surface area contributed by atoms with Crippen molar-refractivity contribution < 1.29 is 9.59 Å². The molecule has 0 saturated heterocycles. The average molecular weight is 318 g/mol. The molecule has 2 N–H and O–H groups in total. The van der Waals surface area contributed by atoms with Crippen molar-refractivity contribution in [3.05, 3.63) is 28.8 Å². The fourth-order valence-corrected chi connectivity index (χ4v) is 2.81. The van der Waals surface area contributed by atoms with E-state index >= 15 is 0 Å². The molecule has 23 heavy (non-hydrogen) atoms. The monoisotopic (exact) mass is 318 g/mol. The maximum absolute atomic E-state index is 12.1. The Morgan fingerprint density at radius 2 is 1.65 bits per heavy atom. The number of hydrogen-bond acceptors (Lipinski definition) is 2. The molecule has 0 fully saturated rings. The molecule has 1 rings (SSSR count). The van der Waals surface area contributed by atoms with E-state index in [0.29, 0.717) is 12.5 Å². The number of carbonyl (C=O) groups is 2. The summed E-state index contributed by atoms with van der Waals surface area (Å²) in [5, 5.41) is 5.50. The summed E-state index contributed by atoms with van der Waals surface area (Å²) < 4.78 is 0. The van der Waals surface area contributed by atoms with Crippen LogP contribution in [0.3, 0.4) is 0 Å². The van der Waals surface area contributed by atoms with Crippen LogP contribution in [0.15, 0.2) is 12.1 Å². The highest BCUT2D eigenvalue weighted by Crippen LogP contribution is 2.21. The summed E-state index contributed by atoms with van der Waals surface area (Å²) in [4.78, 5) is 24.1. The molecule has 0 spiro atoms. The molecule has 0 saturated carbocycles. The van der Waals surface area contributed by atoms with Crippen LogP contribution < -0.4 is 10.6 Å². The van der Waals surface area contributed by atoms with Crippen LogP contribution in [-0.2, 0) is 9.59 Å². The van der Waals surface area contributed by atoms with Gasteiger partial charge < -0.3 is 10.6 Å². The zero-order valence-electron chi connectivity index (χ0n) is 15.1. The number of benzene rings is 1. The van der Waals surface area contributed by atoms with Crippen LogP contribution in [0.1, 0.15) is 56.2 Å². The van der Waals surface area contributed by atoms with Crippen molar-refractivity contribution in [1.82, 2.24) is 5.32 Å². The van der Waals surface area contributed by atoms with Crippen LogP contribution in [-0.4, -0.2) is 18.4 Å². The lowest BCUT2D eigenvalue weighted by Crippen LogP contribution is -2.38. The first kappa shape index (κ1) is 19.2. The summed E-state index contributed by atoms with van der Waals surface area (Å²) in [6.45, 7) is 10.7. The van der Waals surface area contributed by atoms with Crippen molar-refractivity contribution >= 4 is 17.5 Å². The first-order valence-corrected chi connectivity index (χ1v) is 8.56. The molecule has 0 aliphatic carbocycles. The van der Waals surface area contributed by atoms with Gasteiger partial charge in [0.15, 0.2) is 0 Å². The largest absolute Gasteiger partial charge is 0.348 e. The Bertz CT molecular complexity index is 529. The number of amides is 2. The van der Waals surface area contributed by atoms with Crippen molar-refractivity contribution in [1.29, 1.82) is 0 Å². The summed E-state index contributed by atoms with van der Waals surface area (Å²) in [6, 6.07) is 4.00. The molecule has 0 radical (unpaired) electrons. The van der Waals surface area contributed by atoms with Gasteiger partial charge in [-0.25, -0.2) is 0 Å². The van der Waals surface area contributed by atoms with Crippen LogP contribution in [0.25, 0.3) is 0 Å². The van der Waals surface area contributed by atoms with Crippen LogP contribution >= 0.6 is 0 Å². The van der Waals surface area contributed by atoms with Crippen molar-refractivity contribution in [3.63, 3.8) is 0 Å². The van der Waals surface area contributed by atoms with Gasteiger partial charge in [-0.15, -0.1) is 0 Å². The second kappa shape index (κ2) is 9.33. The van der Waals surface area contributed by atoms with E-state index in [1.54, 1.807) is 0 Å². The molecule has 0 heterocycles. The lowest BCUT2D eigenvalue weighted by Gasteiger charge is -2.16. The Morgan fingerprint density at radius 3 is 2.17 bits per heavy atom. The van der Waals surface area contributed by atoms with E-state index < -0.39 is 11.8 Å². The first-order chi connectivity index (χ1) is 10.9. The van der Waals surface area contributed by atoms with E-state index in [0.717, 1.165) is 48.1 Å². The fraction of sp³-hybridized carbons (Fsp3) is 0.579. The standard InChI is InChI=1S/C19H30N2O2/c1-6-8-9-16(7-2)12-20-18(22)19(23)21-17-14(4)10-13(3)11-15(17)5/h10-11,16H,6-9,12H2,1-5H3,(H,20,22)(H,21,23)/t16-/m1/s1. The van der Waals surface area contributed by atoms with E-state index in [2.05, 4.69) is 24.5 Å². The molecule has 1 atom stereocenters. The average Bonchev–Trinajstić information content (AvgIpc) is 2.50. The van der Waals surface area contributed by atoms with E-state index in [9.17, 15) is 9.59 Å². The summed E-state index contributed by atoms with van der Waals surface area (Å²) in [6.07, 6.45) is 4.41. The molecule has 0 aliphatic rings. The van der Waals surface area contributed by atoms with E-state index in [-0.39, 0.29) is 0 Å². The molecule has 0 unspecified atom stereocenters. The van der Waals surface area contributed by atoms with E-state index in [4.69, 9.17) is 0 Å². The predicted molar refractivity (Wildman–Crippen MR) is 95.6 cm³/mol. The molecule has 0 aromatic heterocycles. The molecular weight excluding hydrogens is 288 g/mol. The fourth-order valence-electron chi connectivity index (χ4n) is 2.81. The SMILES string of the molecule is CCCC[C@@H](CC)CNC(=O)C(=O)Nc1c(C)cc(C)cc1C. The number of hydrogen-bond donors (Lipinski definition) is 2. The summed E-state index contributed by atoms with van der Waals surface area (Å²) >= 11 is 0. The maximum Gasteiger partial charge on any atom is 0.313 e. The number of carbonyl (C=O) groups excluding carboxylic acids is 2. The van der Waals surface area contributed by atoms with Gasteiger partial charge in [-0.1, -0.05) is 50.8 Å². The highest BCUT2D eigenvalue weighted by molar-refractivity contribution is 6.39. The first-order valence-electron chi connectivity index (χ1n) is 8.56. The van der Waals surface area contributed by atoms with Gasteiger partial charge in [0.25, 0.3) is 0 Å². The number of nitrogens with one attached hydrogen (secondary N) is 2. The van der Waals surface area contributed by atoms with Gasteiger partial charge in [-0.05, 0) is 44.2 Å². The van der Waals surface area contributed by atoms with Gasteiger partial charge in [0.05, 0.1) is 0 Å². The molecule has 1 aromatic carbocycles. The van der Waals surface area contributed by atoms with Gasteiger partial charge >= 0.3 is 11.8 Å². The third-order valence-corrected chi connectivity index (χ3v) is 4.22. The summed E-state index contributed by atoms with van der Waals surface area (Å²) in [7, 11) is 0. The smallest absolute Gasteiger partial charge is 0.313 e. The lowest BCUT2D eigenvalue weighted by molar-refractivity contribution is -0.136. The zero-order chi connectivity index (χ0) is 17.4. The predicted octanol–water partition coefficient (Wildman–Crippen LogP) is 3.88. The minimum atomic E-state index is -0.592. The zero-order valence-corrected chi connectivity index (χ0v) is 15.1. The van der Waals surface area contributed by atoms with Gasteiger partial charge in [0.1, 0.15) is 0 Å². The van der Waals surface area contributed by atoms with Gasteiger partial charge in [-0.3, -0.25) is 9.59 Å². The Balaban J connectivity index is 2.59. The van der Waals surface area contributed by atoms with E-state index in [1.165, 1.54) is 0 Å². The van der Waals surface area contributed by atoms with Crippen LogP contribution in [0.5, 0.6) is 0 Å². The van der Waals surface area contributed by atoms with Crippen LogP contribution in [0, 0.1) is 26.7 Å². The number of aryl methyl sites for hydroxylation is 3. The lowest BCUT2D eigenvalue weighted by atomic mass is 9.99. The normalized spacial score (nSPS) is 11.9. The summed E-state index contributed by atoms with van der Waals surface area (Å²) in [5.74, 6) is -0.709. The van der Waals surface area contributed by atoms with Gasteiger partial charge in [0.2, 0.25) is 0 Å². The number of rotatable bonds is 7. The highest BCUT2D eigenvalue weighted by Gasteiger charge is 2.17. The Kier molecular flexibility index (Phi) is 7.79. The quantitative estimate of drug-likeness (QED) is 0.750. The minimum Gasteiger partial charge on any atom is -0.348 e. The van der Waals surface area contributed by atoms with Crippen molar-refractivity contribution in [3.8, 4) is 0 Å². The maximum atomic E-state index is 12.1. The Morgan fingerprint density at radius 1 is 1.04 bits per heavy atom. The van der Waals surface area contributed by atoms with Crippen molar-refractivity contribution in [2.45, 2.75) is 60.3 Å². The van der Waals surface area contributed by atoms with Crippen molar-refractivity contribution in [2.24, 2.45) is 5.92 Å².